The van der Waals surface area contributed by atoms with Gasteiger partial charge in [0.2, 0.25) is 0 Å². The molecule has 0 aromatic heterocycles. The maximum absolute atomic E-state index is 12.1. The predicted octanol–water partition coefficient (Wildman–Crippen LogP) is 2.22. The molecule has 0 saturated carbocycles. The highest BCUT2D eigenvalue weighted by Gasteiger charge is 2.56. The third-order valence-electron chi connectivity index (χ3n) is 4.49. The number of carbonyl (C=O) groups is 1. The minimum atomic E-state index is -1.95. The smallest absolute Gasteiger partial charge is 0.378 e. The first-order chi connectivity index (χ1) is 12.7. The Morgan fingerprint density at radius 2 is 1.59 bits per heavy atom. The van der Waals surface area contributed by atoms with Crippen molar-refractivity contribution in [1.29, 1.82) is 0 Å². The topological polar surface area (TPSA) is 126 Å². The van der Waals surface area contributed by atoms with Gasteiger partial charge < -0.3 is 34.6 Å². The summed E-state index contributed by atoms with van der Waals surface area (Å²) < 4.78 is 16.8. The molecule has 2 aliphatic rings. The second kappa shape index (κ2) is 5.47. The minimum absolute atomic E-state index is 0.104. The summed E-state index contributed by atoms with van der Waals surface area (Å²) in [5, 5.41) is 40.6. The molecule has 140 valence electrons. The number of cyclic esters (lactones) is 1. The van der Waals surface area contributed by atoms with Crippen LogP contribution in [-0.4, -0.2) is 32.5 Å². The van der Waals surface area contributed by atoms with E-state index < -0.39 is 23.6 Å². The number of benzene rings is 2. The fourth-order valence-corrected chi connectivity index (χ4v) is 3.27. The molecule has 2 aliphatic heterocycles. The molecule has 8 nitrogen and oxygen atoms in total. The third kappa shape index (κ3) is 2.33. The predicted molar refractivity (Wildman–Crippen MR) is 89.8 cm³/mol. The first kappa shape index (κ1) is 16.9. The molecule has 0 saturated heterocycles. The van der Waals surface area contributed by atoms with Crippen molar-refractivity contribution in [3.8, 4) is 23.0 Å². The summed E-state index contributed by atoms with van der Waals surface area (Å²) in [6.07, 6.45) is -0.727. The second-order valence-electron chi connectivity index (χ2n) is 6.44. The van der Waals surface area contributed by atoms with Gasteiger partial charge in [-0.3, -0.25) is 0 Å². The Bertz CT molecular complexity index is 986. The van der Waals surface area contributed by atoms with E-state index in [4.69, 9.17) is 14.2 Å². The molecule has 2 atom stereocenters. The van der Waals surface area contributed by atoms with Crippen LogP contribution in [0.4, 0.5) is 0 Å². The zero-order valence-corrected chi connectivity index (χ0v) is 14.4. The van der Waals surface area contributed by atoms with Crippen molar-refractivity contribution in [2.24, 2.45) is 0 Å². The van der Waals surface area contributed by atoms with Crippen molar-refractivity contribution in [3.05, 3.63) is 58.5 Å². The molecular weight excluding hydrogens is 356 g/mol. The fraction of sp³-hybridized carbons (Fsp3) is 0.211. The van der Waals surface area contributed by atoms with Gasteiger partial charge in [-0.15, -0.1) is 0 Å². The summed E-state index contributed by atoms with van der Waals surface area (Å²) in [7, 11) is 0. The van der Waals surface area contributed by atoms with Crippen LogP contribution in [-0.2, 0) is 24.8 Å². The number of esters is 1. The molecule has 8 heteroatoms. The molecule has 0 aliphatic carbocycles. The molecule has 2 unspecified atom stereocenters. The lowest BCUT2D eigenvalue weighted by molar-refractivity contribution is -0.172. The molecule has 4 N–H and O–H groups in total. The molecule has 0 amide bonds. The number of phenolic OH excluding ortho intramolecular Hbond substituents is 4. The van der Waals surface area contributed by atoms with E-state index in [1.807, 2.05) is 0 Å². The van der Waals surface area contributed by atoms with E-state index in [1.165, 1.54) is 24.3 Å². The Morgan fingerprint density at radius 3 is 2.19 bits per heavy atom. The highest BCUT2D eigenvalue weighted by Crippen LogP contribution is 2.53. The number of carbonyl (C=O) groups excluding carboxylic acids is 1. The van der Waals surface area contributed by atoms with Gasteiger partial charge in [-0.25, -0.2) is 4.79 Å². The Labute approximate surface area is 153 Å². The van der Waals surface area contributed by atoms with Gasteiger partial charge in [0.05, 0.1) is 0 Å². The lowest BCUT2D eigenvalue weighted by Crippen LogP contribution is -2.32. The zero-order valence-electron chi connectivity index (χ0n) is 14.4. The highest BCUT2D eigenvalue weighted by molar-refractivity contribution is 5.90. The van der Waals surface area contributed by atoms with E-state index in [2.05, 4.69) is 0 Å². The average molecular weight is 372 g/mol. The Kier molecular flexibility index (Phi) is 3.42. The number of hydrogen-bond donors (Lipinski definition) is 4. The molecule has 4 rings (SSSR count). The maximum Gasteiger partial charge on any atom is 0.378 e. The molecule has 27 heavy (non-hydrogen) atoms. The molecule has 2 aromatic rings. The van der Waals surface area contributed by atoms with Crippen molar-refractivity contribution in [2.75, 3.05) is 0 Å². The van der Waals surface area contributed by atoms with Gasteiger partial charge in [-0.2, -0.15) is 0 Å². The Morgan fingerprint density at radius 1 is 0.926 bits per heavy atom. The van der Waals surface area contributed by atoms with Gasteiger partial charge in [-0.1, -0.05) is 0 Å². The summed E-state index contributed by atoms with van der Waals surface area (Å²) in [6.45, 7) is 3.26. The van der Waals surface area contributed by atoms with Crippen LogP contribution >= 0.6 is 0 Å². The number of phenols is 4. The van der Waals surface area contributed by atoms with Crippen molar-refractivity contribution >= 4 is 5.97 Å². The number of ether oxygens (including phenoxy) is 3. The van der Waals surface area contributed by atoms with E-state index in [0.29, 0.717) is 5.56 Å². The van der Waals surface area contributed by atoms with Crippen LogP contribution in [0.25, 0.3) is 0 Å². The fourth-order valence-electron chi connectivity index (χ4n) is 3.27. The van der Waals surface area contributed by atoms with E-state index in [-0.39, 0.29) is 39.9 Å². The Hall–Kier alpha value is -3.55. The van der Waals surface area contributed by atoms with Crippen molar-refractivity contribution in [2.45, 2.75) is 25.7 Å². The van der Waals surface area contributed by atoms with Gasteiger partial charge in [0.15, 0.2) is 23.4 Å². The normalized spacial score (nSPS) is 23.6. The van der Waals surface area contributed by atoms with E-state index in [1.54, 1.807) is 13.8 Å². The molecule has 0 radical (unpaired) electrons. The van der Waals surface area contributed by atoms with Gasteiger partial charge in [0, 0.05) is 5.56 Å². The first-order valence-electron chi connectivity index (χ1n) is 8.11. The van der Waals surface area contributed by atoms with Gasteiger partial charge >= 0.3 is 11.8 Å². The van der Waals surface area contributed by atoms with E-state index in [9.17, 15) is 25.2 Å². The zero-order chi connectivity index (χ0) is 19.5. The van der Waals surface area contributed by atoms with Gasteiger partial charge in [0.25, 0.3) is 5.76 Å². The van der Waals surface area contributed by atoms with E-state index >= 15 is 0 Å². The summed E-state index contributed by atoms with van der Waals surface area (Å²) in [6, 6.07) is 6.54. The molecule has 2 heterocycles. The Balaban J connectivity index is 1.96. The molecule has 0 fully saturated rings. The number of rotatable bonds is 2. The van der Waals surface area contributed by atoms with Gasteiger partial charge in [-0.05, 0) is 49.7 Å². The van der Waals surface area contributed by atoms with Crippen LogP contribution < -0.4 is 0 Å². The standard InChI is InChI=1S/C19H16O8/c1-8-5-13(22)15(14(23)6-8)19(10-3-4-11(20)12(21)7-10)26-16-9(2)25-18(24)17(16)27-19/h3-7,9,20-23H,1-2H3. The second-order valence-corrected chi connectivity index (χ2v) is 6.44. The SMILES string of the molecule is Cc1cc(O)c(C2(c3ccc(O)c(O)c3)OC3=C(O2)C(C)OC3=O)c(O)c1. The van der Waals surface area contributed by atoms with Crippen LogP contribution in [0.15, 0.2) is 41.9 Å². The molecular formula is C19H16O8. The molecule has 0 spiro atoms. The van der Waals surface area contributed by atoms with Crippen LogP contribution in [0, 0.1) is 6.92 Å². The lowest BCUT2D eigenvalue weighted by Gasteiger charge is -2.32. The van der Waals surface area contributed by atoms with Crippen molar-refractivity contribution in [1.82, 2.24) is 0 Å². The minimum Gasteiger partial charge on any atom is -0.507 e. The molecule has 2 aromatic carbocycles. The lowest BCUT2D eigenvalue weighted by atomic mass is 9.93. The van der Waals surface area contributed by atoms with Crippen LogP contribution in [0.3, 0.4) is 0 Å². The summed E-state index contributed by atoms with van der Waals surface area (Å²) >= 11 is 0. The van der Waals surface area contributed by atoms with Crippen LogP contribution in [0.5, 0.6) is 23.0 Å². The highest BCUT2D eigenvalue weighted by atomic mass is 16.8. The van der Waals surface area contributed by atoms with Gasteiger partial charge in [0.1, 0.15) is 17.1 Å². The van der Waals surface area contributed by atoms with Crippen molar-refractivity contribution in [3.63, 3.8) is 0 Å². The largest absolute Gasteiger partial charge is 0.507 e. The van der Waals surface area contributed by atoms with E-state index in [0.717, 1.165) is 6.07 Å². The molecule has 0 bridgehead atoms. The van der Waals surface area contributed by atoms with Crippen molar-refractivity contribution < 1.29 is 39.4 Å². The summed E-state index contributed by atoms with van der Waals surface area (Å²) in [4.78, 5) is 12.1. The average Bonchev–Trinajstić information content (AvgIpc) is 3.08. The monoisotopic (exact) mass is 372 g/mol. The number of aryl methyl sites for hydroxylation is 1. The maximum atomic E-state index is 12.1. The number of aromatic hydroxyl groups is 4. The third-order valence-corrected chi connectivity index (χ3v) is 4.49. The van der Waals surface area contributed by atoms with Crippen LogP contribution in [0.2, 0.25) is 0 Å². The first-order valence-corrected chi connectivity index (χ1v) is 8.11. The van der Waals surface area contributed by atoms with Crippen LogP contribution in [0.1, 0.15) is 23.6 Å². The quantitative estimate of drug-likeness (QED) is 0.467. The summed E-state index contributed by atoms with van der Waals surface area (Å²) in [5.74, 6) is -4.28. The summed E-state index contributed by atoms with van der Waals surface area (Å²) in [5.41, 5.74) is 0.581. The number of hydrogen-bond acceptors (Lipinski definition) is 8.